The Morgan fingerprint density at radius 2 is 1.90 bits per heavy atom. The van der Waals surface area contributed by atoms with E-state index < -0.39 is 5.60 Å². The lowest BCUT2D eigenvalue weighted by atomic mass is 10.1. The van der Waals surface area contributed by atoms with Gasteiger partial charge < -0.3 is 9.72 Å². The van der Waals surface area contributed by atoms with E-state index in [1.54, 1.807) is 6.92 Å². The predicted octanol–water partition coefficient (Wildman–Crippen LogP) is 3.02. The number of nitrogens with zero attached hydrogens (tertiary/aromatic N) is 1. The van der Waals surface area contributed by atoms with Crippen molar-refractivity contribution >= 4 is 0 Å². The van der Waals surface area contributed by atoms with Crippen LogP contribution < -0.4 is 5.56 Å². The van der Waals surface area contributed by atoms with Gasteiger partial charge in [0.1, 0.15) is 11.4 Å². The van der Waals surface area contributed by atoms with Crippen LogP contribution in [0.4, 0.5) is 0 Å². The maximum absolute atomic E-state index is 12.1. The van der Waals surface area contributed by atoms with Gasteiger partial charge in [-0.1, -0.05) is 30.3 Å². The van der Waals surface area contributed by atoms with E-state index in [0.717, 1.165) is 5.56 Å². The van der Waals surface area contributed by atoms with E-state index in [0.29, 0.717) is 23.7 Å². The van der Waals surface area contributed by atoms with Crippen molar-refractivity contribution in [1.82, 2.24) is 9.97 Å². The predicted molar refractivity (Wildman–Crippen MR) is 79.7 cm³/mol. The summed E-state index contributed by atoms with van der Waals surface area (Å²) in [5.74, 6) is 0.550. The van der Waals surface area contributed by atoms with Crippen LogP contribution in [-0.4, -0.2) is 16.6 Å². The molecule has 1 aromatic heterocycles. The van der Waals surface area contributed by atoms with Crippen LogP contribution in [0.25, 0.3) is 11.3 Å². The van der Waals surface area contributed by atoms with Gasteiger partial charge in [0.15, 0.2) is 0 Å². The van der Waals surface area contributed by atoms with Gasteiger partial charge in [0.2, 0.25) is 0 Å². The second-order valence-corrected chi connectivity index (χ2v) is 5.20. The summed E-state index contributed by atoms with van der Waals surface area (Å²) in [5, 5.41) is 0. The van der Waals surface area contributed by atoms with Crippen LogP contribution in [0.1, 0.15) is 32.2 Å². The summed E-state index contributed by atoms with van der Waals surface area (Å²) in [4.78, 5) is 19.6. The monoisotopic (exact) mass is 272 g/mol. The summed E-state index contributed by atoms with van der Waals surface area (Å²) in [6.45, 7) is 8.07. The maximum Gasteiger partial charge on any atom is 0.254 e. The smallest absolute Gasteiger partial charge is 0.254 e. The molecule has 0 fully saturated rings. The average molecular weight is 272 g/mol. The van der Waals surface area contributed by atoms with Gasteiger partial charge in [0, 0.05) is 17.7 Å². The molecule has 1 heterocycles. The number of hydrogen-bond acceptors (Lipinski definition) is 3. The van der Waals surface area contributed by atoms with Crippen molar-refractivity contribution in [3.8, 4) is 11.3 Å². The van der Waals surface area contributed by atoms with Gasteiger partial charge in [-0.3, -0.25) is 4.79 Å². The Hall–Kier alpha value is -1.94. The van der Waals surface area contributed by atoms with Gasteiger partial charge in [-0.25, -0.2) is 4.98 Å². The molecule has 0 aliphatic carbocycles. The van der Waals surface area contributed by atoms with Crippen LogP contribution in [0, 0.1) is 6.92 Å². The average Bonchev–Trinajstić information content (AvgIpc) is 2.42. The van der Waals surface area contributed by atoms with Gasteiger partial charge in [0.25, 0.3) is 5.56 Å². The summed E-state index contributed by atoms with van der Waals surface area (Å²) >= 11 is 0. The first-order valence-electron chi connectivity index (χ1n) is 6.76. The van der Waals surface area contributed by atoms with Crippen LogP contribution in [0.2, 0.25) is 0 Å². The molecule has 0 atom stereocenters. The fourth-order valence-electron chi connectivity index (χ4n) is 2.12. The lowest BCUT2D eigenvalue weighted by molar-refractivity contribution is -0.0209. The second kappa shape index (κ2) is 5.59. The third-order valence-electron chi connectivity index (χ3n) is 3.27. The van der Waals surface area contributed by atoms with Crippen LogP contribution in [0.3, 0.4) is 0 Å². The quantitative estimate of drug-likeness (QED) is 0.930. The lowest BCUT2D eigenvalue weighted by Crippen LogP contribution is -2.29. The molecular weight excluding hydrogens is 252 g/mol. The first kappa shape index (κ1) is 14.5. The molecule has 1 aromatic carbocycles. The molecule has 2 aromatic rings. The summed E-state index contributed by atoms with van der Waals surface area (Å²) in [6.07, 6.45) is 0. The normalized spacial score (nSPS) is 11.6. The number of H-pyrrole nitrogens is 1. The number of aromatic nitrogens is 2. The van der Waals surface area contributed by atoms with Crippen LogP contribution in [0.5, 0.6) is 0 Å². The number of aromatic amines is 1. The van der Waals surface area contributed by atoms with Crippen molar-refractivity contribution < 1.29 is 4.74 Å². The Kier molecular flexibility index (Phi) is 4.04. The molecule has 4 heteroatoms. The minimum absolute atomic E-state index is 0.123. The highest BCUT2D eigenvalue weighted by atomic mass is 16.5. The van der Waals surface area contributed by atoms with E-state index in [1.165, 1.54) is 0 Å². The Labute approximate surface area is 118 Å². The molecule has 0 unspecified atom stereocenters. The molecule has 0 aliphatic heterocycles. The minimum Gasteiger partial charge on any atom is -0.368 e. The summed E-state index contributed by atoms with van der Waals surface area (Å²) in [5.41, 5.74) is 1.51. The van der Waals surface area contributed by atoms with E-state index in [2.05, 4.69) is 9.97 Å². The molecule has 0 radical (unpaired) electrons. The fourth-order valence-corrected chi connectivity index (χ4v) is 2.12. The van der Waals surface area contributed by atoms with Crippen molar-refractivity contribution in [1.29, 1.82) is 0 Å². The molecule has 0 saturated heterocycles. The molecule has 20 heavy (non-hydrogen) atoms. The number of hydrogen-bond donors (Lipinski definition) is 1. The zero-order valence-electron chi connectivity index (χ0n) is 12.4. The fraction of sp³-hybridized carbons (Fsp3) is 0.375. The highest BCUT2D eigenvalue weighted by Crippen LogP contribution is 2.24. The van der Waals surface area contributed by atoms with Gasteiger partial charge in [-0.2, -0.15) is 0 Å². The van der Waals surface area contributed by atoms with Crippen molar-refractivity contribution in [3.05, 3.63) is 52.1 Å². The van der Waals surface area contributed by atoms with Crippen LogP contribution in [0.15, 0.2) is 35.1 Å². The standard InChI is InChI=1S/C16H20N2O2/c1-5-20-16(3,4)15-17-13(11(2)14(19)18-15)12-9-7-6-8-10-12/h6-10H,5H2,1-4H3,(H,17,18,19). The molecule has 0 spiro atoms. The van der Waals surface area contributed by atoms with Crippen molar-refractivity contribution in [2.75, 3.05) is 6.61 Å². The number of ether oxygens (including phenoxy) is 1. The molecule has 4 nitrogen and oxygen atoms in total. The summed E-state index contributed by atoms with van der Waals surface area (Å²) in [6, 6.07) is 9.71. The van der Waals surface area contributed by atoms with Gasteiger partial charge in [0.05, 0.1) is 5.69 Å². The third-order valence-corrected chi connectivity index (χ3v) is 3.27. The molecule has 2 rings (SSSR count). The Bertz CT molecular complexity index is 645. The Balaban J connectivity index is 2.60. The SMILES string of the molecule is CCOC(C)(C)c1nc(-c2ccccc2)c(C)c(=O)[nH]1. The molecule has 0 aliphatic rings. The first-order valence-corrected chi connectivity index (χ1v) is 6.76. The van der Waals surface area contributed by atoms with E-state index >= 15 is 0 Å². The van der Waals surface area contributed by atoms with E-state index in [1.807, 2.05) is 51.1 Å². The first-order chi connectivity index (χ1) is 9.45. The van der Waals surface area contributed by atoms with Gasteiger partial charge in [-0.15, -0.1) is 0 Å². The van der Waals surface area contributed by atoms with Crippen LogP contribution in [-0.2, 0) is 10.3 Å². The molecule has 0 bridgehead atoms. The summed E-state index contributed by atoms with van der Waals surface area (Å²) < 4.78 is 5.67. The molecule has 1 N–H and O–H groups in total. The third kappa shape index (κ3) is 2.80. The molecule has 0 saturated carbocycles. The summed E-state index contributed by atoms with van der Waals surface area (Å²) in [7, 11) is 0. The molecular formula is C16H20N2O2. The zero-order valence-corrected chi connectivity index (χ0v) is 12.4. The van der Waals surface area contributed by atoms with E-state index in [-0.39, 0.29) is 5.56 Å². The van der Waals surface area contributed by atoms with E-state index in [9.17, 15) is 4.79 Å². The van der Waals surface area contributed by atoms with Crippen molar-refractivity contribution in [2.24, 2.45) is 0 Å². The minimum atomic E-state index is -0.620. The second-order valence-electron chi connectivity index (χ2n) is 5.20. The van der Waals surface area contributed by atoms with E-state index in [4.69, 9.17) is 4.74 Å². The van der Waals surface area contributed by atoms with Gasteiger partial charge in [-0.05, 0) is 27.7 Å². The highest BCUT2D eigenvalue weighted by Gasteiger charge is 2.25. The molecule has 106 valence electrons. The number of rotatable bonds is 4. The molecule has 0 amide bonds. The largest absolute Gasteiger partial charge is 0.368 e. The van der Waals surface area contributed by atoms with Crippen LogP contribution >= 0.6 is 0 Å². The lowest BCUT2D eigenvalue weighted by Gasteiger charge is -2.24. The topological polar surface area (TPSA) is 55.0 Å². The number of nitrogens with one attached hydrogen (secondary N) is 1. The zero-order chi connectivity index (χ0) is 14.8. The highest BCUT2D eigenvalue weighted by molar-refractivity contribution is 5.62. The van der Waals surface area contributed by atoms with Gasteiger partial charge >= 0.3 is 0 Å². The maximum atomic E-state index is 12.1. The Morgan fingerprint density at radius 1 is 1.25 bits per heavy atom. The Morgan fingerprint density at radius 3 is 2.50 bits per heavy atom. The number of benzene rings is 1. The van der Waals surface area contributed by atoms with Crippen molar-refractivity contribution in [3.63, 3.8) is 0 Å². The van der Waals surface area contributed by atoms with Crippen molar-refractivity contribution in [2.45, 2.75) is 33.3 Å².